The van der Waals surface area contributed by atoms with Crippen molar-refractivity contribution in [2.45, 2.75) is 30.0 Å². The standard InChI is InChI=1S/C14H22N2O2S/c1-10(9-15)16(3)14(17)11(2)19-13-7-5-12(18-4)6-8-13/h5-8,10-11H,9,15H2,1-4H3. The van der Waals surface area contributed by atoms with Gasteiger partial charge in [-0.1, -0.05) is 0 Å². The third-order valence-electron chi connectivity index (χ3n) is 3.07. The molecule has 0 aliphatic rings. The van der Waals surface area contributed by atoms with Gasteiger partial charge in [0.25, 0.3) is 0 Å². The Bertz CT molecular complexity index is 408. The van der Waals surface area contributed by atoms with Gasteiger partial charge in [-0.15, -0.1) is 11.8 Å². The van der Waals surface area contributed by atoms with Crippen LogP contribution in [0.1, 0.15) is 13.8 Å². The highest BCUT2D eigenvalue weighted by Gasteiger charge is 2.21. The number of rotatable bonds is 6. The lowest BCUT2D eigenvalue weighted by atomic mass is 10.3. The van der Waals surface area contributed by atoms with Crippen molar-refractivity contribution >= 4 is 17.7 Å². The summed E-state index contributed by atoms with van der Waals surface area (Å²) in [6.45, 7) is 4.34. The number of benzene rings is 1. The van der Waals surface area contributed by atoms with Crippen LogP contribution < -0.4 is 10.5 Å². The lowest BCUT2D eigenvalue weighted by Gasteiger charge is -2.26. The van der Waals surface area contributed by atoms with E-state index in [1.54, 1.807) is 19.1 Å². The first-order valence-corrected chi connectivity index (χ1v) is 7.15. The van der Waals surface area contributed by atoms with Crippen LogP contribution in [0.3, 0.4) is 0 Å². The maximum Gasteiger partial charge on any atom is 0.235 e. The number of thioether (sulfide) groups is 1. The second kappa shape index (κ2) is 7.40. The van der Waals surface area contributed by atoms with Crippen LogP contribution in [0.4, 0.5) is 0 Å². The molecule has 2 N–H and O–H groups in total. The molecule has 0 radical (unpaired) electrons. The van der Waals surface area contributed by atoms with Gasteiger partial charge in [0.2, 0.25) is 5.91 Å². The van der Waals surface area contributed by atoms with Crippen LogP contribution >= 0.6 is 11.8 Å². The van der Waals surface area contributed by atoms with Crippen molar-refractivity contribution in [1.82, 2.24) is 4.90 Å². The molecule has 0 aliphatic carbocycles. The highest BCUT2D eigenvalue weighted by molar-refractivity contribution is 8.00. The van der Waals surface area contributed by atoms with Gasteiger partial charge < -0.3 is 15.4 Å². The van der Waals surface area contributed by atoms with Gasteiger partial charge in [-0.2, -0.15) is 0 Å². The van der Waals surface area contributed by atoms with Crippen molar-refractivity contribution in [3.05, 3.63) is 24.3 Å². The summed E-state index contributed by atoms with van der Waals surface area (Å²) in [4.78, 5) is 15.0. The van der Waals surface area contributed by atoms with Crippen molar-refractivity contribution in [2.75, 3.05) is 20.7 Å². The van der Waals surface area contributed by atoms with Crippen LogP contribution in [-0.4, -0.2) is 42.8 Å². The predicted octanol–water partition coefficient (Wildman–Crippen LogP) is 1.98. The van der Waals surface area contributed by atoms with E-state index < -0.39 is 0 Å². The Balaban J connectivity index is 2.62. The van der Waals surface area contributed by atoms with Crippen molar-refractivity contribution in [3.63, 3.8) is 0 Å². The molecule has 1 aromatic rings. The average molecular weight is 282 g/mol. The van der Waals surface area contributed by atoms with E-state index in [2.05, 4.69) is 0 Å². The Hall–Kier alpha value is -1.20. The minimum Gasteiger partial charge on any atom is -0.497 e. The summed E-state index contributed by atoms with van der Waals surface area (Å²) in [6.07, 6.45) is 0. The van der Waals surface area contributed by atoms with Gasteiger partial charge in [0.05, 0.1) is 12.4 Å². The molecule has 0 fully saturated rings. The molecule has 0 aromatic heterocycles. The molecule has 1 rings (SSSR count). The summed E-state index contributed by atoms with van der Waals surface area (Å²) >= 11 is 1.54. The quantitative estimate of drug-likeness (QED) is 0.811. The first-order chi connectivity index (χ1) is 8.99. The zero-order valence-corrected chi connectivity index (χ0v) is 12.7. The Morgan fingerprint density at radius 3 is 2.42 bits per heavy atom. The molecule has 0 spiro atoms. The fraction of sp³-hybridized carbons (Fsp3) is 0.500. The molecule has 0 saturated heterocycles. The molecule has 5 heteroatoms. The second-order valence-electron chi connectivity index (χ2n) is 4.47. The summed E-state index contributed by atoms with van der Waals surface area (Å²) in [7, 11) is 3.43. The maximum absolute atomic E-state index is 12.2. The van der Waals surface area contributed by atoms with Gasteiger partial charge in [0.15, 0.2) is 0 Å². The van der Waals surface area contributed by atoms with Crippen molar-refractivity contribution in [1.29, 1.82) is 0 Å². The number of carbonyl (C=O) groups excluding carboxylic acids is 1. The molecular weight excluding hydrogens is 260 g/mol. The van der Waals surface area contributed by atoms with Gasteiger partial charge in [-0.25, -0.2) is 0 Å². The Kier molecular flexibility index (Phi) is 6.18. The molecule has 1 aromatic carbocycles. The van der Waals surface area contributed by atoms with E-state index in [1.807, 2.05) is 38.1 Å². The largest absolute Gasteiger partial charge is 0.497 e. The summed E-state index contributed by atoms with van der Waals surface area (Å²) < 4.78 is 5.11. The van der Waals surface area contributed by atoms with Crippen molar-refractivity contribution in [2.24, 2.45) is 5.73 Å². The fourth-order valence-corrected chi connectivity index (χ4v) is 2.54. The average Bonchev–Trinajstić information content (AvgIpc) is 2.45. The molecule has 106 valence electrons. The van der Waals surface area contributed by atoms with E-state index in [0.29, 0.717) is 6.54 Å². The molecular formula is C14H22N2O2S. The minimum absolute atomic E-state index is 0.0615. The molecule has 4 nitrogen and oxygen atoms in total. The SMILES string of the molecule is COc1ccc(SC(C)C(=O)N(C)C(C)CN)cc1. The van der Waals surface area contributed by atoms with E-state index in [9.17, 15) is 4.79 Å². The summed E-state index contributed by atoms with van der Waals surface area (Å²) in [5.74, 6) is 0.913. The molecule has 2 atom stereocenters. The normalized spacial score (nSPS) is 13.7. The predicted molar refractivity (Wildman–Crippen MR) is 79.6 cm³/mol. The smallest absolute Gasteiger partial charge is 0.235 e. The Morgan fingerprint density at radius 2 is 1.95 bits per heavy atom. The van der Waals surface area contributed by atoms with Gasteiger partial charge in [0.1, 0.15) is 5.75 Å². The topological polar surface area (TPSA) is 55.6 Å². The molecule has 19 heavy (non-hydrogen) atoms. The minimum atomic E-state index is -0.132. The van der Waals surface area contributed by atoms with E-state index in [4.69, 9.17) is 10.5 Å². The van der Waals surface area contributed by atoms with E-state index >= 15 is 0 Å². The van der Waals surface area contributed by atoms with Gasteiger partial charge in [0, 0.05) is 24.5 Å². The van der Waals surface area contributed by atoms with E-state index in [0.717, 1.165) is 10.6 Å². The van der Waals surface area contributed by atoms with Crippen LogP contribution in [0.5, 0.6) is 5.75 Å². The lowest BCUT2D eigenvalue weighted by Crippen LogP contribution is -2.43. The number of nitrogens with zero attached hydrogens (tertiary/aromatic N) is 1. The van der Waals surface area contributed by atoms with Crippen LogP contribution in [-0.2, 0) is 4.79 Å². The Morgan fingerprint density at radius 1 is 1.37 bits per heavy atom. The molecule has 0 saturated carbocycles. The number of methoxy groups -OCH3 is 1. The maximum atomic E-state index is 12.2. The van der Waals surface area contributed by atoms with Crippen LogP contribution in [0.2, 0.25) is 0 Å². The number of amides is 1. The summed E-state index contributed by atoms with van der Waals surface area (Å²) in [5.41, 5.74) is 5.58. The first kappa shape index (κ1) is 15.9. The highest BCUT2D eigenvalue weighted by atomic mass is 32.2. The zero-order valence-electron chi connectivity index (χ0n) is 11.9. The molecule has 0 aliphatic heterocycles. The summed E-state index contributed by atoms with van der Waals surface area (Å²) in [5, 5.41) is -0.132. The number of likely N-dealkylation sites (N-methyl/N-ethyl adjacent to an activating group) is 1. The monoisotopic (exact) mass is 282 g/mol. The van der Waals surface area contributed by atoms with Crippen LogP contribution in [0.25, 0.3) is 0 Å². The number of nitrogens with two attached hydrogens (primary N) is 1. The molecule has 0 heterocycles. The van der Waals surface area contributed by atoms with Crippen LogP contribution in [0.15, 0.2) is 29.2 Å². The van der Waals surface area contributed by atoms with Crippen molar-refractivity contribution < 1.29 is 9.53 Å². The molecule has 1 amide bonds. The number of hydrogen-bond acceptors (Lipinski definition) is 4. The van der Waals surface area contributed by atoms with Gasteiger partial charge in [-0.3, -0.25) is 4.79 Å². The van der Waals surface area contributed by atoms with Gasteiger partial charge in [-0.05, 0) is 38.1 Å². The Labute approximate surface area is 119 Å². The van der Waals surface area contributed by atoms with E-state index in [1.165, 1.54) is 11.8 Å². The zero-order chi connectivity index (χ0) is 14.4. The number of hydrogen-bond donors (Lipinski definition) is 1. The van der Waals surface area contributed by atoms with E-state index in [-0.39, 0.29) is 17.2 Å². The highest BCUT2D eigenvalue weighted by Crippen LogP contribution is 2.26. The molecule has 0 bridgehead atoms. The lowest BCUT2D eigenvalue weighted by molar-refractivity contribution is -0.130. The van der Waals surface area contributed by atoms with Crippen LogP contribution in [0, 0.1) is 0 Å². The number of ether oxygens (including phenoxy) is 1. The van der Waals surface area contributed by atoms with Crippen molar-refractivity contribution in [3.8, 4) is 5.75 Å². The summed E-state index contributed by atoms with van der Waals surface area (Å²) in [6, 6.07) is 7.77. The van der Waals surface area contributed by atoms with Gasteiger partial charge >= 0.3 is 0 Å². The second-order valence-corrected chi connectivity index (χ2v) is 5.88. The third-order valence-corrected chi connectivity index (χ3v) is 4.17. The third kappa shape index (κ3) is 4.44. The molecule has 2 unspecified atom stereocenters. The fourth-order valence-electron chi connectivity index (χ4n) is 1.57. The number of carbonyl (C=O) groups is 1. The first-order valence-electron chi connectivity index (χ1n) is 6.27.